The van der Waals surface area contributed by atoms with Gasteiger partial charge in [0.1, 0.15) is 5.69 Å². The van der Waals surface area contributed by atoms with Crippen molar-refractivity contribution in [2.24, 2.45) is 0 Å². The van der Waals surface area contributed by atoms with E-state index < -0.39 is 11.8 Å². The molecular formula is C9H6N2O3. The monoisotopic (exact) mass is 190 g/mol. The molecule has 0 amide bonds. The van der Waals surface area contributed by atoms with Crippen LogP contribution in [0.1, 0.15) is 10.5 Å². The number of ketones is 1. The number of carbonyl (C=O) groups is 2. The highest BCUT2D eigenvalue weighted by Gasteiger charge is 2.20. The van der Waals surface area contributed by atoms with Crippen molar-refractivity contribution in [1.29, 1.82) is 0 Å². The number of carbonyl (C=O) groups excluding carboxylic acids is 1. The summed E-state index contributed by atoms with van der Waals surface area (Å²) in [6, 6.07) is 6.86. The van der Waals surface area contributed by atoms with Crippen molar-refractivity contribution in [1.82, 2.24) is 10.2 Å². The molecule has 0 radical (unpaired) electrons. The van der Waals surface area contributed by atoms with Gasteiger partial charge in [0.15, 0.2) is 0 Å². The minimum Gasteiger partial charge on any atom is -0.475 e. The molecule has 0 aliphatic rings. The van der Waals surface area contributed by atoms with E-state index in [0.717, 1.165) is 0 Å². The van der Waals surface area contributed by atoms with Crippen LogP contribution in [0.25, 0.3) is 10.9 Å². The number of carboxylic acids is 1. The zero-order valence-electron chi connectivity index (χ0n) is 7.02. The number of aliphatic carboxylic acids is 1. The van der Waals surface area contributed by atoms with Crippen LogP contribution in [0.4, 0.5) is 0 Å². The van der Waals surface area contributed by atoms with Crippen LogP contribution in [0.2, 0.25) is 0 Å². The molecule has 0 bridgehead atoms. The summed E-state index contributed by atoms with van der Waals surface area (Å²) >= 11 is 0. The Balaban J connectivity index is 2.64. The number of nitrogens with one attached hydrogen (secondary N) is 1. The fourth-order valence-electron chi connectivity index (χ4n) is 1.24. The van der Waals surface area contributed by atoms with Crippen LogP contribution in [0.3, 0.4) is 0 Å². The zero-order chi connectivity index (χ0) is 10.1. The molecule has 0 aliphatic carbocycles. The van der Waals surface area contributed by atoms with Gasteiger partial charge in [-0.25, -0.2) is 4.79 Å². The lowest BCUT2D eigenvalue weighted by molar-refractivity contribution is -0.131. The van der Waals surface area contributed by atoms with Crippen LogP contribution in [0, 0.1) is 0 Å². The number of H-pyrrole nitrogens is 1. The SMILES string of the molecule is O=C(O)C(=O)c1n[nH]c2ccccc12. The van der Waals surface area contributed by atoms with Crippen molar-refractivity contribution in [3.05, 3.63) is 30.0 Å². The Morgan fingerprint density at radius 2 is 2.00 bits per heavy atom. The summed E-state index contributed by atoms with van der Waals surface area (Å²) in [5.74, 6) is -2.50. The van der Waals surface area contributed by atoms with E-state index in [1.54, 1.807) is 24.3 Å². The quantitative estimate of drug-likeness (QED) is 0.542. The van der Waals surface area contributed by atoms with Crippen LogP contribution < -0.4 is 0 Å². The molecular weight excluding hydrogens is 184 g/mol. The molecule has 0 fully saturated rings. The van der Waals surface area contributed by atoms with E-state index in [9.17, 15) is 9.59 Å². The molecule has 2 aromatic rings. The fourth-order valence-corrected chi connectivity index (χ4v) is 1.24. The van der Waals surface area contributed by atoms with E-state index in [0.29, 0.717) is 10.9 Å². The van der Waals surface area contributed by atoms with Gasteiger partial charge in [0.25, 0.3) is 5.78 Å². The number of aromatic amines is 1. The molecule has 2 rings (SSSR count). The maximum Gasteiger partial charge on any atom is 0.379 e. The average Bonchev–Trinajstić information content (AvgIpc) is 2.60. The molecule has 0 saturated heterocycles. The van der Waals surface area contributed by atoms with E-state index in [4.69, 9.17) is 5.11 Å². The number of Topliss-reactive ketones (excluding diaryl/α,β-unsaturated/α-hetero) is 1. The molecule has 70 valence electrons. The van der Waals surface area contributed by atoms with Gasteiger partial charge >= 0.3 is 5.97 Å². The number of fused-ring (bicyclic) bond motifs is 1. The van der Waals surface area contributed by atoms with Gasteiger partial charge in [0.05, 0.1) is 5.52 Å². The topological polar surface area (TPSA) is 83.0 Å². The molecule has 5 heteroatoms. The van der Waals surface area contributed by atoms with Crippen molar-refractivity contribution in [3.63, 3.8) is 0 Å². The van der Waals surface area contributed by atoms with E-state index in [1.807, 2.05) is 0 Å². The van der Waals surface area contributed by atoms with Crippen molar-refractivity contribution < 1.29 is 14.7 Å². The average molecular weight is 190 g/mol. The van der Waals surface area contributed by atoms with E-state index in [2.05, 4.69) is 10.2 Å². The molecule has 0 aliphatic heterocycles. The first-order valence-electron chi connectivity index (χ1n) is 3.91. The molecule has 2 N–H and O–H groups in total. The molecule has 1 aromatic heterocycles. The van der Waals surface area contributed by atoms with Crippen molar-refractivity contribution in [2.75, 3.05) is 0 Å². The van der Waals surface area contributed by atoms with Gasteiger partial charge in [0, 0.05) is 5.39 Å². The van der Waals surface area contributed by atoms with Crippen LogP contribution in [-0.4, -0.2) is 27.1 Å². The minimum absolute atomic E-state index is 0.0481. The molecule has 14 heavy (non-hydrogen) atoms. The van der Waals surface area contributed by atoms with Crippen molar-refractivity contribution >= 4 is 22.7 Å². The fraction of sp³-hybridized carbons (Fsp3) is 0. The second-order valence-electron chi connectivity index (χ2n) is 2.75. The summed E-state index contributed by atoms with van der Waals surface area (Å²) in [5.41, 5.74) is 0.602. The molecule has 0 unspecified atom stereocenters. The highest BCUT2D eigenvalue weighted by Crippen LogP contribution is 2.15. The lowest BCUT2D eigenvalue weighted by Gasteiger charge is -1.90. The van der Waals surface area contributed by atoms with Gasteiger partial charge in [0.2, 0.25) is 0 Å². The molecule has 0 spiro atoms. The van der Waals surface area contributed by atoms with Crippen molar-refractivity contribution in [2.45, 2.75) is 0 Å². The highest BCUT2D eigenvalue weighted by molar-refractivity contribution is 6.41. The highest BCUT2D eigenvalue weighted by atomic mass is 16.4. The number of rotatable bonds is 2. The Labute approximate surface area is 78.4 Å². The first-order chi connectivity index (χ1) is 6.70. The molecule has 1 heterocycles. The molecule has 1 aromatic carbocycles. The summed E-state index contributed by atoms with van der Waals surface area (Å²) in [6.07, 6.45) is 0. The number of hydrogen-bond acceptors (Lipinski definition) is 3. The second-order valence-corrected chi connectivity index (χ2v) is 2.75. The first-order valence-corrected chi connectivity index (χ1v) is 3.91. The Morgan fingerprint density at radius 1 is 1.29 bits per heavy atom. The summed E-state index contributed by atoms with van der Waals surface area (Å²) in [4.78, 5) is 21.6. The van der Waals surface area contributed by atoms with Gasteiger partial charge < -0.3 is 5.11 Å². The van der Waals surface area contributed by atoms with Gasteiger partial charge in [-0.3, -0.25) is 9.89 Å². The van der Waals surface area contributed by atoms with Crippen LogP contribution in [-0.2, 0) is 4.79 Å². The third kappa shape index (κ3) is 1.15. The number of nitrogens with zero attached hydrogens (tertiary/aromatic N) is 1. The van der Waals surface area contributed by atoms with E-state index >= 15 is 0 Å². The van der Waals surface area contributed by atoms with E-state index in [1.165, 1.54) is 0 Å². The number of hydrogen-bond donors (Lipinski definition) is 2. The predicted molar refractivity (Wildman–Crippen MR) is 48.1 cm³/mol. The van der Waals surface area contributed by atoms with Crippen LogP contribution in [0.15, 0.2) is 24.3 Å². The normalized spacial score (nSPS) is 10.3. The van der Waals surface area contributed by atoms with Crippen molar-refractivity contribution in [3.8, 4) is 0 Å². The van der Waals surface area contributed by atoms with Gasteiger partial charge in [-0.2, -0.15) is 5.10 Å². The molecule has 0 saturated carbocycles. The Hall–Kier alpha value is -2.17. The number of carboxylic acid groups (broad SMARTS) is 1. The Morgan fingerprint density at radius 3 is 2.71 bits per heavy atom. The van der Waals surface area contributed by atoms with Gasteiger partial charge in [-0.15, -0.1) is 0 Å². The lowest BCUT2D eigenvalue weighted by Crippen LogP contribution is -2.13. The van der Waals surface area contributed by atoms with Gasteiger partial charge in [-0.05, 0) is 6.07 Å². The lowest BCUT2D eigenvalue weighted by atomic mass is 10.1. The number of benzene rings is 1. The largest absolute Gasteiger partial charge is 0.475 e. The molecule has 0 atom stereocenters. The number of aromatic nitrogens is 2. The Bertz CT molecular complexity index is 516. The summed E-state index contributed by atoms with van der Waals surface area (Å²) in [5, 5.41) is 15.3. The minimum atomic E-state index is -1.50. The Kier molecular flexibility index (Phi) is 1.78. The zero-order valence-corrected chi connectivity index (χ0v) is 7.02. The van der Waals surface area contributed by atoms with Crippen LogP contribution >= 0.6 is 0 Å². The second kappa shape index (κ2) is 2.95. The van der Waals surface area contributed by atoms with E-state index in [-0.39, 0.29) is 5.69 Å². The molecule has 5 nitrogen and oxygen atoms in total. The maximum atomic E-state index is 11.1. The predicted octanol–water partition coefficient (Wildman–Crippen LogP) is 0.830. The summed E-state index contributed by atoms with van der Waals surface area (Å²) in [7, 11) is 0. The third-order valence-corrected chi connectivity index (χ3v) is 1.88. The first kappa shape index (κ1) is 8.43. The third-order valence-electron chi connectivity index (χ3n) is 1.88. The smallest absolute Gasteiger partial charge is 0.379 e. The summed E-state index contributed by atoms with van der Waals surface area (Å²) in [6.45, 7) is 0. The summed E-state index contributed by atoms with van der Waals surface area (Å²) < 4.78 is 0. The van der Waals surface area contributed by atoms with Crippen LogP contribution in [0.5, 0.6) is 0 Å². The maximum absolute atomic E-state index is 11.1. The standard InChI is InChI=1S/C9H6N2O3/c12-8(9(13)14)7-5-3-1-2-4-6(5)10-11-7/h1-4H,(H,10,11)(H,13,14). The van der Waals surface area contributed by atoms with Gasteiger partial charge in [-0.1, -0.05) is 18.2 Å². The number of para-hydroxylation sites is 1.